The van der Waals surface area contributed by atoms with Gasteiger partial charge in [-0.2, -0.15) is 0 Å². The minimum absolute atomic E-state index is 0.0486. The number of Topliss-reactive ketones (excluding diaryl/α,β-unsaturated/α-hetero) is 1. The number of ketones is 1. The van der Waals surface area contributed by atoms with Crippen molar-refractivity contribution >= 4 is 18.0 Å². The minimum atomic E-state index is -0.625. The van der Waals surface area contributed by atoms with Crippen LogP contribution in [-0.2, 0) is 14.3 Å². The van der Waals surface area contributed by atoms with E-state index < -0.39 is 29.4 Å². The monoisotopic (exact) mass is 452 g/mol. The van der Waals surface area contributed by atoms with Crippen molar-refractivity contribution < 1.29 is 23.9 Å². The fourth-order valence-electron chi connectivity index (χ4n) is 3.78. The van der Waals surface area contributed by atoms with Crippen molar-refractivity contribution in [2.24, 2.45) is 0 Å². The average molecular weight is 453 g/mol. The highest BCUT2D eigenvalue weighted by Crippen LogP contribution is 2.30. The van der Waals surface area contributed by atoms with Crippen molar-refractivity contribution in [1.82, 2.24) is 10.2 Å². The van der Waals surface area contributed by atoms with E-state index in [0.29, 0.717) is 32.4 Å². The number of rotatable bonds is 9. The maximum absolute atomic E-state index is 13.4. The van der Waals surface area contributed by atoms with Gasteiger partial charge in [0.05, 0.1) is 6.04 Å². The maximum atomic E-state index is 13.4. The van der Waals surface area contributed by atoms with Crippen LogP contribution in [0.25, 0.3) is 0 Å². The summed E-state index contributed by atoms with van der Waals surface area (Å²) >= 11 is 0. The van der Waals surface area contributed by atoms with E-state index in [4.69, 9.17) is 9.47 Å². The van der Waals surface area contributed by atoms with E-state index in [1.54, 1.807) is 4.90 Å². The number of carbonyl (C=O) groups excluding carboxylic acids is 3. The first-order valence-corrected chi connectivity index (χ1v) is 12.0. The highest BCUT2D eigenvalue weighted by atomic mass is 16.6. The Hall–Kier alpha value is -2.05. The molecule has 0 aliphatic carbocycles. The van der Waals surface area contributed by atoms with Gasteiger partial charge in [0.2, 0.25) is 0 Å². The molecule has 1 aliphatic rings. The van der Waals surface area contributed by atoms with Gasteiger partial charge in [0.1, 0.15) is 11.2 Å². The molecule has 0 saturated heterocycles. The van der Waals surface area contributed by atoms with Gasteiger partial charge in [-0.3, -0.25) is 9.69 Å². The summed E-state index contributed by atoms with van der Waals surface area (Å²) in [7, 11) is 0. The van der Waals surface area contributed by atoms with Gasteiger partial charge in [0.25, 0.3) is 0 Å². The summed E-state index contributed by atoms with van der Waals surface area (Å²) in [5, 5.41) is 2.75. The number of nitrogens with zero attached hydrogens (tertiary/aromatic N) is 1. The topological polar surface area (TPSA) is 84.9 Å². The Morgan fingerprint density at radius 3 is 2.09 bits per heavy atom. The molecule has 0 bridgehead atoms. The van der Waals surface area contributed by atoms with Gasteiger partial charge in [-0.25, -0.2) is 9.59 Å². The zero-order valence-electron chi connectivity index (χ0n) is 21.4. The molecule has 2 amide bonds. The molecular formula is C25H44N2O5. The molecule has 1 atom stereocenters. The van der Waals surface area contributed by atoms with E-state index >= 15 is 0 Å². The number of ether oxygens (including phenoxy) is 2. The predicted molar refractivity (Wildman–Crippen MR) is 127 cm³/mol. The van der Waals surface area contributed by atoms with Crippen LogP contribution < -0.4 is 5.32 Å². The Kier molecular flexibility index (Phi) is 10.7. The highest BCUT2D eigenvalue weighted by molar-refractivity contribution is 6.02. The molecule has 7 nitrogen and oxygen atoms in total. The van der Waals surface area contributed by atoms with Crippen molar-refractivity contribution in [3.05, 3.63) is 11.1 Å². The first-order valence-electron chi connectivity index (χ1n) is 12.0. The number of amides is 2. The summed E-state index contributed by atoms with van der Waals surface area (Å²) in [6, 6.07) is -0.520. The zero-order chi connectivity index (χ0) is 24.5. The van der Waals surface area contributed by atoms with E-state index in [0.717, 1.165) is 36.8 Å². The summed E-state index contributed by atoms with van der Waals surface area (Å²) in [5.74, 6) is 0.0486. The standard InChI is InChI=1S/C25H44N2O5/c1-9-13-18-17-27(23(30)32-25(6,7)8)20(21(28)19(18)14-10-2)15-11-12-16-26-22(29)31-24(3,4)5/h20H,9-17H2,1-8H3,(H,26,29)/t20-/m0/s1. The normalized spacial score (nSPS) is 17.4. The van der Waals surface area contributed by atoms with Crippen LogP contribution in [0.4, 0.5) is 9.59 Å². The molecule has 0 aromatic rings. The van der Waals surface area contributed by atoms with Gasteiger partial charge in [-0.05, 0) is 84.8 Å². The second-order valence-corrected chi connectivity index (χ2v) is 10.5. The number of nitrogens with one attached hydrogen (secondary N) is 1. The number of unbranched alkanes of at least 4 members (excludes halogenated alkanes) is 1. The van der Waals surface area contributed by atoms with Gasteiger partial charge in [0, 0.05) is 13.1 Å². The Bertz CT molecular complexity index is 685. The van der Waals surface area contributed by atoms with E-state index in [2.05, 4.69) is 19.2 Å². The third-order valence-electron chi connectivity index (χ3n) is 5.02. The SMILES string of the molecule is CCCC1=C(CCC)C(=O)[C@H](CCCCNC(=O)OC(C)(C)C)N(C(=O)OC(C)(C)C)C1. The maximum Gasteiger partial charge on any atom is 0.411 e. The minimum Gasteiger partial charge on any atom is -0.444 e. The van der Waals surface area contributed by atoms with Gasteiger partial charge in [-0.15, -0.1) is 0 Å². The Morgan fingerprint density at radius 2 is 1.56 bits per heavy atom. The zero-order valence-corrected chi connectivity index (χ0v) is 21.4. The third kappa shape index (κ3) is 9.61. The Labute approximate surface area is 194 Å². The van der Waals surface area contributed by atoms with Crippen LogP contribution in [0.2, 0.25) is 0 Å². The van der Waals surface area contributed by atoms with Crippen molar-refractivity contribution in [1.29, 1.82) is 0 Å². The van der Waals surface area contributed by atoms with Gasteiger partial charge < -0.3 is 14.8 Å². The highest BCUT2D eigenvalue weighted by Gasteiger charge is 2.38. The summed E-state index contributed by atoms with van der Waals surface area (Å²) in [6.45, 7) is 16.0. The van der Waals surface area contributed by atoms with Crippen LogP contribution in [0.15, 0.2) is 11.1 Å². The van der Waals surface area contributed by atoms with Crippen LogP contribution in [-0.4, -0.2) is 53.2 Å². The number of alkyl carbamates (subject to hydrolysis) is 1. The molecule has 0 aromatic heterocycles. The van der Waals surface area contributed by atoms with Gasteiger partial charge >= 0.3 is 12.2 Å². The largest absolute Gasteiger partial charge is 0.444 e. The molecule has 1 rings (SSSR count). The van der Waals surface area contributed by atoms with Crippen LogP contribution >= 0.6 is 0 Å². The fraction of sp³-hybridized carbons (Fsp3) is 0.800. The first kappa shape index (κ1) is 28.0. The van der Waals surface area contributed by atoms with E-state index in [-0.39, 0.29) is 5.78 Å². The number of carbonyl (C=O) groups is 3. The van der Waals surface area contributed by atoms with E-state index in [1.165, 1.54) is 0 Å². The van der Waals surface area contributed by atoms with Crippen molar-refractivity contribution in [3.8, 4) is 0 Å². The summed E-state index contributed by atoms with van der Waals surface area (Å²) in [5.41, 5.74) is 0.796. The van der Waals surface area contributed by atoms with Gasteiger partial charge in [-0.1, -0.05) is 26.7 Å². The smallest absolute Gasteiger partial charge is 0.411 e. The molecule has 1 aliphatic heterocycles. The van der Waals surface area contributed by atoms with E-state index in [9.17, 15) is 14.4 Å². The lowest BCUT2D eigenvalue weighted by Crippen LogP contribution is -2.51. The molecule has 0 fully saturated rings. The molecule has 7 heteroatoms. The molecule has 0 unspecified atom stereocenters. The Morgan fingerprint density at radius 1 is 0.969 bits per heavy atom. The summed E-state index contributed by atoms with van der Waals surface area (Å²) in [4.78, 5) is 39.8. The van der Waals surface area contributed by atoms with Crippen molar-refractivity contribution in [2.75, 3.05) is 13.1 Å². The molecular weight excluding hydrogens is 408 g/mol. The average Bonchev–Trinajstić information content (AvgIpc) is 2.63. The van der Waals surface area contributed by atoms with Crippen LogP contribution in [0.1, 0.15) is 100 Å². The van der Waals surface area contributed by atoms with Crippen LogP contribution in [0, 0.1) is 0 Å². The molecule has 32 heavy (non-hydrogen) atoms. The first-order chi connectivity index (χ1) is 14.8. The predicted octanol–water partition coefficient (Wildman–Crippen LogP) is 5.77. The van der Waals surface area contributed by atoms with Crippen LogP contribution in [0.3, 0.4) is 0 Å². The fourth-order valence-corrected chi connectivity index (χ4v) is 3.78. The quantitative estimate of drug-likeness (QED) is 0.449. The summed E-state index contributed by atoms with van der Waals surface area (Å²) in [6.07, 6.45) is 4.44. The van der Waals surface area contributed by atoms with Gasteiger partial charge in [0.15, 0.2) is 5.78 Å². The third-order valence-corrected chi connectivity index (χ3v) is 5.02. The summed E-state index contributed by atoms with van der Waals surface area (Å²) < 4.78 is 10.9. The molecule has 0 spiro atoms. The molecule has 184 valence electrons. The lowest BCUT2D eigenvalue weighted by atomic mass is 9.86. The number of hydrogen-bond donors (Lipinski definition) is 1. The lowest BCUT2D eigenvalue weighted by Gasteiger charge is -2.38. The van der Waals surface area contributed by atoms with Crippen molar-refractivity contribution in [2.45, 2.75) is 118 Å². The lowest BCUT2D eigenvalue weighted by molar-refractivity contribution is -0.122. The van der Waals surface area contributed by atoms with Crippen LogP contribution in [0.5, 0.6) is 0 Å². The van der Waals surface area contributed by atoms with E-state index in [1.807, 2.05) is 41.5 Å². The molecule has 0 aromatic carbocycles. The molecule has 0 radical (unpaired) electrons. The number of hydrogen-bond acceptors (Lipinski definition) is 5. The van der Waals surface area contributed by atoms with Crippen molar-refractivity contribution in [3.63, 3.8) is 0 Å². The molecule has 0 saturated carbocycles. The molecule has 1 heterocycles. The second-order valence-electron chi connectivity index (χ2n) is 10.5. The Balaban J connectivity index is 2.86. The second kappa shape index (κ2) is 12.3. The molecule has 1 N–H and O–H groups in total.